The van der Waals surface area contributed by atoms with E-state index in [1.165, 1.54) is 28.9 Å². The Balaban J connectivity index is 1.69. The minimum atomic E-state index is 0.626. The maximum Gasteiger partial charge on any atom is 0.0378 e. The second kappa shape index (κ2) is 3.78. The zero-order valence-electron chi connectivity index (χ0n) is 11.3. The summed E-state index contributed by atoms with van der Waals surface area (Å²) in [6.45, 7) is 1.10. The first-order valence-corrected chi connectivity index (χ1v) is 7.60. The van der Waals surface area contributed by atoms with E-state index in [9.17, 15) is 0 Å². The van der Waals surface area contributed by atoms with Crippen molar-refractivity contribution in [3.05, 3.63) is 59.7 Å². The molecule has 2 heteroatoms. The Morgan fingerprint density at radius 2 is 1.60 bits per heavy atom. The second-order valence-corrected chi connectivity index (χ2v) is 6.34. The van der Waals surface area contributed by atoms with Crippen molar-refractivity contribution in [1.82, 2.24) is 0 Å². The largest absolute Gasteiger partial charge is 0.384 e. The zero-order chi connectivity index (χ0) is 13.1. The van der Waals surface area contributed by atoms with E-state index in [0.29, 0.717) is 23.8 Å². The first kappa shape index (κ1) is 10.8. The molecule has 0 amide bonds. The Morgan fingerprint density at radius 3 is 2.50 bits per heavy atom. The van der Waals surface area contributed by atoms with Crippen molar-refractivity contribution in [1.29, 1.82) is 0 Å². The highest BCUT2D eigenvalue weighted by Gasteiger charge is 2.49. The predicted octanol–water partition coefficient (Wildman–Crippen LogP) is 3.79. The van der Waals surface area contributed by atoms with Crippen LogP contribution in [0.3, 0.4) is 0 Å². The van der Waals surface area contributed by atoms with E-state index in [-0.39, 0.29) is 0 Å². The average Bonchev–Trinajstić information content (AvgIpc) is 2.82. The number of nitrogens with one attached hydrogen (secondary N) is 2. The molecular weight excluding hydrogens is 244 g/mol. The second-order valence-electron chi connectivity index (χ2n) is 6.34. The van der Waals surface area contributed by atoms with Gasteiger partial charge in [-0.3, -0.25) is 0 Å². The van der Waals surface area contributed by atoms with Gasteiger partial charge in [0.1, 0.15) is 0 Å². The summed E-state index contributed by atoms with van der Waals surface area (Å²) >= 11 is 0. The summed E-state index contributed by atoms with van der Waals surface area (Å²) in [5.74, 6) is 2.07. The fourth-order valence-electron chi connectivity index (χ4n) is 4.67. The molecule has 2 aromatic carbocycles. The molecule has 0 spiro atoms. The number of anilines is 2. The Hall–Kier alpha value is -1.96. The summed E-state index contributed by atoms with van der Waals surface area (Å²) in [6.07, 6.45) is 1.28. The zero-order valence-corrected chi connectivity index (χ0v) is 11.3. The van der Waals surface area contributed by atoms with Gasteiger partial charge in [-0.25, -0.2) is 0 Å². The highest BCUT2D eigenvalue weighted by atomic mass is 15.0. The molecule has 2 aliphatic heterocycles. The molecule has 0 aromatic heterocycles. The van der Waals surface area contributed by atoms with Crippen molar-refractivity contribution in [2.75, 3.05) is 17.2 Å². The summed E-state index contributed by atoms with van der Waals surface area (Å²) in [4.78, 5) is 0. The van der Waals surface area contributed by atoms with Gasteiger partial charge in [-0.2, -0.15) is 0 Å². The summed E-state index contributed by atoms with van der Waals surface area (Å²) in [5.41, 5.74) is 5.75. The van der Waals surface area contributed by atoms with Gasteiger partial charge >= 0.3 is 0 Å². The van der Waals surface area contributed by atoms with Crippen LogP contribution in [0.4, 0.5) is 11.4 Å². The van der Waals surface area contributed by atoms with Crippen molar-refractivity contribution in [3.63, 3.8) is 0 Å². The van der Waals surface area contributed by atoms with Crippen molar-refractivity contribution >= 4 is 11.4 Å². The molecule has 0 radical (unpaired) electrons. The maximum atomic E-state index is 3.78. The summed E-state index contributed by atoms with van der Waals surface area (Å²) in [7, 11) is 0. The van der Waals surface area contributed by atoms with Crippen LogP contribution >= 0.6 is 0 Å². The van der Waals surface area contributed by atoms with Crippen LogP contribution in [0, 0.1) is 5.92 Å². The van der Waals surface area contributed by atoms with Gasteiger partial charge in [-0.15, -0.1) is 0 Å². The molecule has 5 rings (SSSR count). The van der Waals surface area contributed by atoms with Crippen LogP contribution in [-0.4, -0.2) is 12.6 Å². The van der Waals surface area contributed by atoms with Crippen LogP contribution in [0.5, 0.6) is 0 Å². The van der Waals surface area contributed by atoms with Crippen molar-refractivity contribution in [2.24, 2.45) is 5.92 Å². The van der Waals surface area contributed by atoms with Gasteiger partial charge in [-0.1, -0.05) is 36.4 Å². The first-order chi connectivity index (χ1) is 9.92. The van der Waals surface area contributed by atoms with Crippen LogP contribution < -0.4 is 10.6 Å². The lowest BCUT2D eigenvalue weighted by Gasteiger charge is -2.32. The highest BCUT2D eigenvalue weighted by Crippen LogP contribution is 2.57. The minimum absolute atomic E-state index is 0.626. The number of hydrogen-bond donors (Lipinski definition) is 2. The van der Waals surface area contributed by atoms with Crippen molar-refractivity contribution in [2.45, 2.75) is 24.3 Å². The molecule has 1 saturated carbocycles. The molecule has 3 aliphatic rings. The number of para-hydroxylation sites is 2. The molecule has 0 saturated heterocycles. The van der Waals surface area contributed by atoms with E-state index in [0.717, 1.165) is 6.54 Å². The molecule has 2 bridgehead atoms. The Kier molecular flexibility index (Phi) is 2.04. The molecule has 20 heavy (non-hydrogen) atoms. The predicted molar refractivity (Wildman–Crippen MR) is 82.4 cm³/mol. The average molecular weight is 262 g/mol. The molecule has 0 unspecified atom stereocenters. The lowest BCUT2D eigenvalue weighted by atomic mass is 9.77. The number of hydrogen-bond acceptors (Lipinski definition) is 2. The van der Waals surface area contributed by atoms with Crippen LogP contribution in [0.25, 0.3) is 0 Å². The first-order valence-electron chi connectivity index (χ1n) is 7.60. The van der Waals surface area contributed by atoms with Crippen LogP contribution in [0.1, 0.15) is 29.4 Å². The van der Waals surface area contributed by atoms with Gasteiger partial charge in [0.2, 0.25) is 0 Å². The fraction of sp³-hybridized carbons (Fsp3) is 0.333. The summed E-state index contributed by atoms with van der Waals surface area (Å²) in [5, 5.41) is 7.41. The maximum absolute atomic E-state index is 3.78. The van der Waals surface area contributed by atoms with E-state index < -0.39 is 0 Å². The molecule has 100 valence electrons. The molecule has 2 N–H and O–H groups in total. The molecule has 4 atom stereocenters. The van der Waals surface area contributed by atoms with Crippen LogP contribution in [0.15, 0.2) is 48.5 Å². The molecule has 2 nitrogen and oxygen atoms in total. The lowest BCUT2D eigenvalue weighted by Crippen LogP contribution is -2.34. The monoisotopic (exact) mass is 262 g/mol. The summed E-state index contributed by atoms with van der Waals surface area (Å²) in [6, 6.07) is 18.4. The normalized spacial score (nSPS) is 32.4. The van der Waals surface area contributed by atoms with Gasteiger partial charge in [0.05, 0.1) is 0 Å². The van der Waals surface area contributed by atoms with Crippen molar-refractivity contribution in [3.8, 4) is 0 Å². The third kappa shape index (κ3) is 1.29. The quantitative estimate of drug-likeness (QED) is 0.754. The van der Waals surface area contributed by atoms with E-state index in [1.807, 2.05) is 0 Å². The van der Waals surface area contributed by atoms with Gasteiger partial charge < -0.3 is 10.6 Å². The third-order valence-electron chi connectivity index (χ3n) is 5.47. The lowest BCUT2D eigenvalue weighted by molar-refractivity contribution is 0.459. The Labute approximate surface area is 119 Å². The SMILES string of the molecule is c1ccc2c(c1)NC[C@@H]1[C@H]2[C@H]2C[C@@H]1Nc1ccccc12. The van der Waals surface area contributed by atoms with E-state index >= 15 is 0 Å². The highest BCUT2D eigenvalue weighted by molar-refractivity contribution is 5.63. The van der Waals surface area contributed by atoms with Crippen molar-refractivity contribution < 1.29 is 0 Å². The minimum Gasteiger partial charge on any atom is -0.384 e. The Bertz CT molecular complexity index is 679. The number of benzene rings is 2. The van der Waals surface area contributed by atoms with Gasteiger partial charge in [0, 0.05) is 29.9 Å². The molecular formula is C18H18N2. The third-order valence-corrected chi connectivity index (χ3v) is 5.47. The van der Waals surface area contributed by atoms with Gasteiger partial charge in [0.15, 0.2) is 0 Å². The van der Waals surface area contributed by atoms with Gasteiger partial charge in [-0.05, 0) is 41.5 Å². The van der Waals surface area contributed by atoms with Gasteiger partial charge in [0.25, 0.3) is 0 Å². The van der Waals surface area contributed by atoms with Crippen LogP contribution in [-0.2, 0) is 0 Å². The van der Waals surface area contributed by atoms with E-state index in [4.69, 9.17) is 0 Å². The fourth-order valence-corrected chi connectivity index (χ4v) is 4.67. The number of rotatable bonds is 0. The Morgan fingerprint density at radius 1 is 0.850 bits per heavy atom. The topological polar surface area (TPSA) is 24.1 Å². The molecule has 1 fully saturated rings. The molecule has 2 aromatic rings. The smallest absolute Gasteiger partial charge is 0.0378 e. The molecule has 1 aliphatic carbocycles. The van der Waals surface area contributed by atoms with Crippen LogP contribution in [0.2, 0.25) is 0 Å². The standard InChI is InChI=1S/C18H18N2/c1-4-8-16-11(5-1)13-9-17(20-16)14-10-19-15-7-3-2-6-12(15)18(13)14/h1-8,13-14,17-20H,9-10H2/t13-,14-,17-,18+/m0/s1. The molecule has 2 heterocycles. The van der Waals surface area contributed by atoms with E-state index in [2.05, 4.69) is 59.2 Å². The number of fused-ring (bicyclic) bond motifs is 9. The summed E-state index contributed by atoms with van der Waals surface area (Å²) < 4.78 is 0. The van der Waals surface area contributed by atoms with E-state index in [1.54, 1.807) is 0 Å².